The predicted molar refractivity (Wildman–Crippen MR) is 282 cm³/mol. The smallest absolute Gasteiger partial charge is 0.0788 e. The molecule has 4 nitrogen and oxygen atoms in total. The van der Waals surface area contributed by atoms with E-state index in [1.165, 1.54) is 49.9 Å². The maximum atomic E-state index is 5.46. The summed E-state index contributed by atoms with van der Waals surface area (Å²) in [5, 5.41) is 3.49. The molecule has 320 valence electrons. The minimum absolute atomic E-state index is 0.427. The first-order valence-corrected chi connectivity index (χ1v) is 23.5. The number of para-hydroxylation sites is 1. The molecular formula is C65H40N4. The van der Waals surface area contributed by atoms with Gasteiger partial charge in [-0.2, -0.15) is 0 Å². The van der Waals surface area contributed by atoms with Gasteiger partial charge in [0.1, 0.15) is 0 Å². The summed E-state index contributed by atoms with van der Waals surface area (Å²) in [6.07, 6.45) is 7.34. The van der Waals surface area contributed by atoms with Crippen molar-refractivity contribution in [3.8, 4) is 89.4 Å². The van der Waals surface area contributed by atoms with Crippen molar-refractivity contribution < 1.29 is 0 Å². The summed E-state index contributed by atoms with van der Waals surface area (Å²) < 4.78 is 0. The molecule has 4 heteroatoms. The van der Waals surface area contributed by atoms with E-state index in [1.807, 2.05) is 49.1 Å². The van der Waals surface area contributed by atoms with Gasteiger partial charge in [0.05, 0.1) is 28.0 Å². The number of aromatic nitrogens is 4. The van der Waals surface area contributed by atoms with Gasteiger partial charge in [-0.3, -0.25) is 9.97 Å². The van der Waals surface area contributed by atoms with Gasteiger partial charge in [-0.1, -0.05) is 164 Å². The van der Waals surface area contributed by atoms with Crippen LogP contribution in [0.1, 0.15) is 22.3 Å². The van der Waals surface area contributed by atoms with Crippen LogP contribution in [0.15, 0.2) is 243 Å². The standard InChI is InChI=1S/C65H40N4/c1-5-13-57-50(9-1)51-10-2-6-14-58(51)65(57)59-15-7-3-11-52(59)55-39-56-54(40-60(55)65)53-12-4-8-16-61(53)69-64(56)48-27-25-47(26-28-48)63-38-49(43-19-17-41(18-20-43)44-29-33-66-34-30-44)37-62(68-63)46-23-21-42(22-24-46)45-31-35-67-36-32-45/h1-40H. The number of fused-ring (bicyclic) bond motifs is 13. The Morgan fingerprint density at radius 2 is 0.681 bits per heavy atom. The normalized spacial score (nSPS) is 12.8. The molecule has 0 N–H and O–H groups in total. The SMILES string of the molecule is c1ccc2c(c1)-c1ccccc1C21c2ccccc2-c2cc3c(-c4ccc(-c5cc(-c6ccc(-c7ccncc7)cc6)cc(-c6ccc(-c7ccncc7)cc6)n5)cc4)nc4ccccc4c3cc21. The fourth-order valence-corrected chi connectivity index (χ4v) is 11.3. The average Bonchev–Trinajstić information content (AvgIpc) is 3.90. The van der Waals surface area contributed by atoms with Gasteiger partial charge in [-0.15, -0.1) is 0 Å². The number of hydrogen-bond acceptors (Lipinski definition) is 4. The van der Waals surface area contributed by atoms with Crippen molar-refractivity contribution in [2.75, 3.05) is 0 Å². The highest BCUT2D eigenvalue weighted by Gasteiger charge is 2.51. The van der Waals surface area contributed by atoms with Gasteiger partial charge in [0, 0.05) is 52.3 Å². The molecule has 69 heavy (non-hydrogen) atoms. The first-order valence-electron chi connectivity index (χ1n) is 23.5. The number of rotatable bonds is 6. The van der Waals surface area contributed by atoms with E-state index < -0.39 is 5.41 Å². The summed E-state index contributed by atoms with van der Waals surface area (Å²) >= 11 is 0. The van der Waals surface area contributed by atoms with Crippen molar-refractivity contribution >= 4 is 21.7 Å². The van der Waals surface area contributed by atoms with Crippen LogP contribution in [0.25, 0.3) is 111 Å². The molecule has 14 rings (SSSR count). The highest BCUT2D eigenvalue weighted by molar-refractivity contribution is 6.14. The lowest BCUT2D eigenvalue weighted by atomic mass is 9.70. The van der Waals surface area contributed by atoms with Crippen LogP contribution >= 0.6 is 0 Å². The van der Waals surface area contributed by atoms with Crippen LogP contribution in [0, 0.1) is 0 Å². The molecule has 0 radical (unpaired) electrons. The van der Waals surface area contributed by atoms with Crippen molar-refractivity contribution in [1.82, 2.24) is 19.9 Å². The van der Waals surface area contributed by atoms with Crippen LogP contribution < -0.4 is 0 Å². The Kier molecular flexibility index (Phi) is 8.77. The highest BCUT2D eigenvalue weighted by atomic mass is 14.7. The predicted octanol–water partition coefficient (Wildman–Crippen LogP) is 15.9. The molecule has 12 aromatic rings. The molecule has 0 atom stereocenters. The van der Waals surface area contributed by atoms with E-state index in [4.69, 9.17) is 9.97 Å². The topological polar surface area (TPSA) is 51.6 Å². The molecule has 0 saturated heterocycles. The Morgan fingerprint density at radius 3 is 1.22 bits per heavy atom. The first kappa shape index (κ1) is 39.1. The van der Waals surface area contributed by atoms with Gasteiger partial charge in [-0.25, -0.2) is 9.97 Å². The molecule has 0 fully saturated rings. The Morgan fingerprint density at radius 1 is 0.261 bits per heavy atom. The van der Waals surface area contributed by atoms with E-state index >= 15 is 0 Å². The van der Waals surface area contributed by atoms with Gasteiger partial charge in [-0.05, 0) is 138 Å². The number of hydrogen-bond donors (Lipinski definition) is 0. The van der Waals surface area contributed by atoms with Crippen molar-refractivity contribution in [2.45, 2.75) is 5.41 Å². The fourth-order valence-electron chi connectivity index (χ4n) is 11.3. The van der Waals surface area contributed by atoms with Crippen molar-refractivity contribution in [3.63, 3.8) is 0 Å². The summed E-state index contributed by atoms with van der Waals surface area (Å²) in [4.78, 5) is 19.2. The molecule has 0 bridgehead atoms. The van der Waals surface area contributed by atoms with E-state index in [0.29, 0.717) is 0 Å². The Hall–Kier alpha value is -9.12. The van der Waals surface area contributed by atoms with Crippen LogP contribution in [-0.2, 0) is 5.41 Å². The third kappa shape index (κ3) is 6.09. The van der Waals surface area contributed by atoms with Crippen LogP contribution in [0.3, 0.4) is 0 Å². The minimum Gasteiger partial charge on any atom is -0.265 e. The van der Waals surface area contributed by atoms with Crippen LogP contribution in [0.5, 0.6) is 0 Å². The second kappa shape index (κ2) is 15.5. The lowest BCUT2D eigenvalue weighted by Crippen LogP contribution is -2.25. The van der Waals surface area contributed by atoms with Gasteiger partial charge in [0.15, 0.2) is 0 Å². The molecule has 0 saturated carbocycles. The lowest BCUT2D eigenvalue weighted by molar-refractivity contribution is 0.795. The maximum Gasteiger partial charge on any atom is 0.0788 e. The summed E-state index contributed by atoms with van der Waals surface area (Å²) in [6, 6.07) is 79.4. The second-order valence-corrected chi connectivity index (χ2v) is 18.1. The molecule has 2 aliphatic rings. The largest absolute Gasteiger partial charge is 0.265 e. The molecule has 0 aliphatic heterocycles. The molecule has 0 amide bonds. The Bertz CT molecular complexity index is 3830. The van der Waals surface area contributed by atoms with E-state index in [9.17, 15) is 0 Å². The molecular weight excluding hydrogens is 837 g/mol. The van der Waals surface area contributed by atoms with E-state index in [2.05, 4.69) is 204 Å². The molecule has 4 aromatic heterocycles. The molecule has 2 aliphatic carbocycles. The third-order valence-electron chi connectivity index (χ3n) is 14.5. The zero-order valence-corrected chi connectivity index (χ0v) is 37.4. The molecule has 8 aromatic carbocycles. The first-order chi connectivity index (χ1) is 34.2. The zero-order valence-electron chi connectivity index (χ0n) is 37.4. The Labute approximate surface area is 400 Å². The van der Waals surface area contributed by atoms with Gasteiger partial charge in [0.25, 0.3) is 0 Å². The van der Waals surface area contributed by atoms with E-state index in [1.54, 1.807) is 0 Å². The quantitative estimate of drug-likeness (QED) is 0.156. The Balaban J connectivity index is 0.912. The average molecular weight is 877 g/mol. The van der Waals surface area contributed by atoms with Crippen LogP contribution in [0.2, 0.25) is 0 Å². The molecule has 4 heterocycles. The summed E-state index contributed by atoms with van der Waals surface area (Å²) in [5.74, 6) is 0. The number of pyridine rings is 4. The third-order valence-corrected chi connectivity index (χ3v) is 14.5. The van der Waals surface area contributed by atoms with E-state index in [-0.39, 0.29) is 0 Å². The number of nitrogens with zero attached hydrogens (tertiary/aromatic N) is 4. The van der Waals surface area contributed by atoms with Crippen molar-refractivity contribution in [2.24, 2.45) is 0 Å². The molecule has 1 spiro atoms. The van der Waals surface area contributed by atoms with Crippen molar-refractivity contribution in [1.29, 1.82) is 0 Å². The maximum absolute atomic E-state index is 5.46. The minimum atomic E-state index is -0.427. The van der Waals surface area contributed by atoms with Crippen LogP contribution in [-0.4, -0.2) is 19.9 Å². The summed E-state index contributed by atoms with van der Waals surface area (Å²) in [7, 11) is 0. The van der Waals surface area contributed by atoms with Gasteiger partial charge < -0.3 is 0 Å². The van der Waals surface area contributed by atoms with Crippen molar-refractivity contribution in [3.05, 3.63) is 265 Å². The lowest BCUT2D eigenvalue weighted by Gasteiger charge is -2.30. The van der Waals surface area contributed by atoms with Gasteiger partial charge in [0.2, 0.25) is 0 Å². The zero-order chi connectivity index (χ0) is 45.5. The monoisotopic (exact) mass is 876 g/mol. The second-order valence-electron chi connectivity index (χ2n) is 18.1. The van der Waals surface area contributed by atoms with Crippen LogP contribution in [0.4, 0.5) is 0 Å². The molecule has 0 unspecified atom stereocenters. The summed E-state index contributed by atoms with van der Waals surface area (Å²) in [5.41, 5.74) is 23.7. The number of benzene rings is 8. The van der Waals surface area contributed by atoms with E-state index in [0.717, 1.165) is 83.4 Å². The van der Waals surface area contributed by atoms with Gasteiger partial charge >= 0.3 is 0 Å². The highest BCUT2D eigenvalue weighted by Crippen LogP contribution is 2.63. The fraction of sp³-hybridized carbons (Fsp3) is 0.0154. The summed E-state index contributed by atoms with van der Waals surface area (Å²) in [6.45, 7) is 0.